The van der Waals surface area contributed by atoms with E-state index >= 15 is 0 Å². The molecule has 0 spiro atoms. The number of hydrogen-bond donors (Lipinski definition) is 1. The second kappa shape index (κ2) is 7.22. The Kier molecular flexibility index (Phi) is 5.05. The van der Waals surface area contributed by atoms with Gasteiger partial charge in [-0.1, -0.05) is 12.1 Å². The molecule has 4 heteroatoms. The number of methoxy groups -OCH3 is 1. The summed E-state index contributed by atoms with van der Waals surface area (Å²) in [5, 5.41) is 0. The minimum atomic E-state index is -0.123. The minimum absolute atomic E-state index is 0.123. The van der Waals surface area contributed by atoms with Gasteiger partial charge in [-0.3, -0.25) is 0 Å². The number of ether oxygens (including phenoxy) is 1. The molecule has 3 nitrogen and oxygen atoms in total. The molecule has 1 aliphatic rings. The quantitative estimate of drug-likeness (QED) is 0.927. The van der Waals surface area contributed by atoms with Crippen LogP contribution in [0, 0.1) is 19.7 Å². The zero-order valence-corrected chi connectivity index (χ0v) is 14.7. The highest BCUT2D eigenvalue weighted by atomic mass is 19.1. The number of rotatable bonds is 4. The van der Waals surface area contributed by atoms with E-state index in [-0.39, 0.29) is 5.82 Å². The summed E-state index contributed by atoms with van der Waals surface area (Å²) in [5.41, 5.74) is 4.57. The van der Waals surface area contributed by atoms with Gasteiger partial charge in [0.1, 0.15) is 18.1 Å². The first kappa shape index (κ1) is 16.8. The normalized spacial score (nSPS) is 15.6. The van der Waals surface area contributed by atoms with Crippen molar-refractivity contribution in [2.24, 2.45) is 0 Å². The van der Waals surface area contributed by atoms with E-state index < -0.39 is 0 Å². The molecule has 1 fully saturated rings. The van der Waals surface area contributed by atoms with Gasteiger partial charge in [0, 0.05) is 5.56 Å². The fraction of sp³-hybridized carbons (Fsp3) is 0.400. The largest absolute Gasteiger partial charge is 0.496 e. The highest BCUT2D eigenvalue weighted by Crippen LogP contribution is 2.22. The van der Waals surface area contributed by atoms with Gasteiger partial charge >= 0.3 is 0 Å². The summed E-state index contributed by atoms with van der Waals surface area (Å²) >= 11 is 0. The van der Waals surface area contributed by atoms with Crippen LogP contribution < -0.4 is 14.5 Å². The lowest BCUT2D eigenvalue weighted by atomic mass is 10.0. The van der Waals surface area contributed by atoms with Crippen LogP contribution in [-0.4, -0.2) is 33.3 Å². The molecule has 24 heavy (non-hydrogen) atoms. The third-order valence-electron chi connectivity index (χ3n) is 4.96. The van der Waals surface area contributed by atoms with E-state index in [4.69, 9.17) is 4.74 Å². The van der Waals surface area contributed by atoms with Crippen molar-refractivity contribution in [2.45, 2.75) is 20.4 Å². The van der Waals surface area contributed by atoms with Gasteiger partial charge in [0.15, 0.2) is 0 Å². The van der Waals surface area contributed by atoms with E-state index in [2.05, 4.69) is 30.9 Å². The lowest BCUT2D eigenvalue weighted by Gasteiger charge is -2.34. The summed E-state index contributed by atoms with van der Waals surface area (Å²) in [6.07, 6.45) is 0. The van der Waals surface area contributed by atoms with Gasteiger partial charge in [0.25, 0.3) is 0 Å². The first-order valence-electron chi connectivity index (χ1n) is 8.55. The Morgan fingerprint density at radius 2 is 1.79 bits per heavy atom. The summed E-state index contributed by atoms with van der Waals surface area (Å²) < 4.78 is 19.3. The molecule has 1 N–H and O–H groups in total. The predicted octanol–water partition coefficient (Wildman–Crippen LogP) is 2.36. The zero-order chi connectivity index (χ0) is 17.1. The number of halogens is 1. The van der Waals surface area contributed by atoms with Crippen molar-refractivity contribution in [2.75, 3.05) is 38.2 Å². The van der Waals surface area contributed by atoms with Gasteiger partial charge in [0.2, 0.25) is 0 Å². The maximum absolute atomic E-state index is 13.9. The van der Waals surface area contributed by atoms with Gasteiger partial charge in [-0.2, -0.15) is 0 Å². The number of hydrogen-bond acceptors (Lipinski definition) is 2. The zero-order valence-electron chi connectivity index (χ0n) is 14.7. The van der Waals surface area contributed by atoms with E-state index in [1.807, 2.05) is 12.1 Å². The van der Waals surface area contributed by atoms with Crippen LogP contribution in [-0.2, 0) is 6.54 Å². The molecule has 128 valence electrons. The summed E-state index contributed by atoms with van der Waals surface area (Å²) in [5.74, 6) is 0.832. The highest BCUT2D eigenvalue weighted by Gasteiger charge is 2.22. The topological polar surface area (TPSA) is 16.9 Å². The highest BCUT2D eigenvalue weighted by molar-refractivity contribution is 5.47. The van der Waals surface area contributed by atoms with E-state index in [0.717, 1.165) is 44.2 Å². The number of para-hydroxylation sites is 1. The molecule has 0 unspecified atom stereocenters. The molecule has 0 saturated carbocycles. The Hall–Kier alpha value is -2.07. The Balaban J connectivity index is 1.64. The van der Waals surface area contributed by atoms with Crippen molar-refractivity contribution < 1.29 is 14.0 Å². The van der Waals surface area contributed by atoms with Crippen LogP contribution in [0.5, 0.6) is 5.75 Å². The summed E-state index contributed by atoms with van der Waals surface area (Å²) in [6.45, 7) is 9.09. The Morgan fingerprint density at radius 3 is 2.46 bits per heavy atom. The number of quaternary nitrogens is 1. The Bertz CT molecular complexity index is 709. The number of anilines is 1. The second-order valence-electron chi connectivity index (χ2n) is 6.61. The molecule has 1 saturated heterocycles. The molecular weight excluding hydrogens is 303 g/mol. The first-order chi connectivity index (χ1) is 11.6. The minimum Gasteiger partial charge on any atom is -0.496 e. The number of aryl methyl sites for hydroxylation is 2. The molecule has 0 aliphatic carbocycles. The van der Waals surface area contributed by atoms with Gasteiger partial charge in [0.05, 0.1) is 39.0 Å². The number of nitrogens with one attached hydrogen (secondary N) is 1. The van der Waals surface area contributed by atoms with Gasteiger partial charge in [-0.25, -0.2) is 4.39 Å². The SMILES string of the molecule is COc1cc(C)c(C[NH+]2CCN(c3ccccc3F)CC2)cc1C. The number of piperazine rings is 1. The molecule has 0 radical (unpaired) electrons. The molecule has 0 bridgehead atoms. The maximum atomic E-state index is 13.9. The monoisotopic (exact) mass is 329 g/mol. The van der Waals surface area contributed by atoms with Crippen molar-refractivity contribution >= 4 is 5.69 Å². The Morgan fingerprint density at radius 1 is 1.08 bits per heavy atom. The fourth-order valence-corrected chi connectivity index (χ4v) is 3.48. The van der Waals surface area contributed by atoms with Crippen molar-refractivity contribution in [1.29, 1.82) is 0 Å². The van der Waals surface area contributed by atoms with Crippen molar-refractivity contribution in [1.82, 2.24) is 0 Å². The lowest BCUT2D eigenvalue weighted by molar-refractivity contribution is -0.914. The standard InChI is InChI=1S/C20H25FN2O/c1-15-13-20(24-3)16(2)12-17(15)14-22-8-10-23(11-9-22)19-7-5-4-6-18(19)21/h4-7,12-13H,8-11,14H2,1-3H3/p+1. The van der Waals surface area contributed by atoms with Crippen molar-refractivity contribution in [3.8, 4) is 5.75 Å². The second-order valence-corrected chi connectivity index (χ2v) is 6.61. The molecule has 1 heterocycles. The molecule has 0 aromatic heterocycles. The predicted molar refractivity (Wildman–Crippen MR) is 95.5 cm³/mol. The molecule has 2 aromatic carbocycles. The van der Waals surface area contributed by atoms with Gasteiger partial charge in [-0.15, -0.1) is 0 Å². The van der Waals surface area contributed by atoms with E-state index in [1.54, 1.807) is 18.1 Å². The molecule has 3 rings (SSSR count). The maximum Gasteiger partial charge on any atom is 0.146 e. The van der Waals surface area contributed by atoms with Crippen LogP contribution in [0.25, 0.3) is 0 Å². The fourth-order valence-electron chi connectivity index (χ4n) is 3.48. The molecule has 0 amide bonds. The van der Waals surface area contributed by atoms with Gasteiger partial charge in [-0.05, 0) is 49.2 Å². The van der Waals surface area contributed by atoms with Crippen LogP contribution >= 0.6 is 0 Å². The molecular formula is C20H26FN2O+. The summed E-state index contributed by atoms with van der Waals surface area (Å²) in [4.78, 5) is 3.71. The summed E-state index contributed by atoms with van der Waals surface area (Å²) in [6, 6.07) is 11.4. The first-order valence-corrected chi connectivity index (χ1v) is 8.55. The van der Waals surface area contributed by atoms with E-state index in [1.165, 1.54) is 22.8 Å². The van der Waals surface area contributed by atoms with Crippen LogP contribution in [0.15, 0.2) is 36.4 Å². The molecule has 0 atom stereocenters. The number of benzene rings is 2. The lowest BCUT2D eigenvalue weighted by Crippen LogP contribution is -3.13. The van der Waals surface area contributed by atoms with Crippen molar-refractivity contribution in [3.63, 3.8) is 0 Å². The molecule has 1 aliphatic heterocycles. The average Bonchev–Trinajstić information content (AvgIpc) is 2.59. The van der Waals surface area contributed by atoms with Gasteiger partial charge < -0.3 is 14.5 Å². The van der Waals surface area contributed by atoms with E-state index in [9.17, 15) is 4.39 Å². The average molecular weight is 329 g/mol. The van der Waals surface area contributed by atoms with Crippen LogP contribution in [0.4, 0.5) is 10.1 Å². The van der Waals surface area contributed by atoms with Crippen molar-refractivity contribution in [3.05, 3.63) is 58.9 Å². The van der Waals surface area contributed by atoms with Crippen LogP contribution in [0.2, 0.25) is 0 Å². The van der Waals surface area contributed by atoms with Crippen LogP contribution in [0.3, 0.4) is 0 Å². The number of nitrogens with zero attached hydrogens (tertiary/aromatic N) is 1. The Labute approximate surface area is 143 Å². The van der Waals surface area contributed by atoms with Crippen LogP contribution in [0.1, 0.15) is 16.7 Å². The third kappa shape index (κ3) is 3.54. The molecule has 2 aromatic rings. The third-order valence-corrected chi connectivity index (χ3v) is 4.96. The summed E-state index contributed by atoms with van der Waals surface area (Å²) in [7, 11) is 1.72. The van der Waals surface area contributed by atoms with E-state index in [0.29, 0.717) is 0 Å². The smallest absolute Gasteiger partial charge is 0.146 e.